The largest absolute Gasteiger partial charge is 0.243 e. The molecule has 0 N–H and O–H groups in total. The molecule has 0 radical (unpaired) electrons. The van der Waals surface area contributed by atoms with Crippen LogP contribution in [-0.4, -0.2) is 25.3 Å². The first-order valence-electron chi connectivity index (χ1n) is 6.33. The third-order valence-electron chi connectivity index (χ3n) is 3.11. The van der Waals surface area contributed by atoms with Gasteiger partial charge in [0.2, 0.25) is 10.0 Å². The van der Waals surface area contributed by atoms with E-state index in [1.165, 1.54) is 24.3 Å². The molecule has 1 aromatic rings. The van der Waals surface area contributed by atoms with Crippen LogP contribution in [0, 0.1) is 5.82 Å². The summed E-state index contributed by atoms with van der Waals surface area (Å²) < 4.78 is 39.3. The maximum atomic E-state index is 12.8. The van der Waals surface area contributed by atoms with Crippen LogP contribution >= 0.6 is 0 Å². The molecule has 0 heterocycles. The highest BCUT2D eigenvalue weighted by Crippen LogP contribution is 2.32. The van der Waals surface area contributed by atoms with Crippen molar-refractivity contribution < 1.29 is 12.8 Å². The zero-order chi connectivity index (χ0) is 13.2. The van der Waals surface area contributed by atoms with E-state index < -0.39 is 15.8 Å². The fourth-order valence-electron chi connectivity index (χ4n) is 1.92. The molecule has 0 spiro atoms. The van der Waals surface area contributed by atoms with Crippen molar-refractivity contribution in [1.29, 1.82) is 0 Å². The SMILES string of the molecule is CCCCN(C1CC1)S(=O)(=O)c1ccc(F)cc1. The normalized spacial score (nSPS) is 16.2. The Morgan fingerprint density at radius 2 is 1.89 bits per heavy atom. The van der Waals surface area contributed by atoms with Gasteiger partial charge in [-0.1, -0.05) is 13.3 Å². The van der Waals surface area contributed by atoms with Crippen LogP contribution in [0.25, 0.3) is 0 Å². The van der Waals surface area contributed by atoms with Crippen LogP contribution < -0.4 is 0 Å². The second kappa shape index (κ2) is 5.36. The van der Waals surface area contributed by atoms with Gasteiger partial charge in [-0.3, -0.25) is 0 Å². The molecule has 0 aromatic heterocycles. The van der Waals surface area contributed by atoms with Gasteiger partial charge in [-0.25, -0.2) is 12.8 Å². The molecule has 18 heavy (non-hydrogen) atoms. The predicted molar refractivity (Wildman–Crippen MR) is 68.2 cm³/mol. The molecule has 0 saturated heterocycles. The standard InChI is InChI=1S/C13H18FNO2S/c1-2-3-10-15(12-6-7-12)18(16,17)13-8-4-11(14)5-9-13/h4-5,8-9,12H,2-3,6-7,10H2,1H3. The average molecular weight is 271 g/mol. The highest BCUT2D eigenvalue weighted by Gasteiger charge is 2.37. The summed E-state index contributed by atoms with van der Waals surface area (Å²) in [7, 11) is -3.46. The van der Waals surface area contributed by atoms with Crippen molar-refractivity contribution in [3.05, 3.63) is 30.1 Å². The van der Waals surface area contributed by atoms with E-state index in [0.717, 1.165) is 25.7 Å². The Morgan fingerprint density at radius 3 is 2.39 bits per heavy atom. The molecule has 2 rings (SSSR count). The molecular formula is C13H18FNO2S. The fourth-order valence-corrected chi connectivity index (χ4v) is 3.64. The number of unbranched alkanes of at least 4 members (excludes halogenated alkanes) is 1. The minimum Gasteiger partial charge on any atom is -0.207 e. The van der Waals surface area contributed by atoms with Crippen molar-refractivity contribution in [3.8, 4) is 0 Å². The van der Waals surface area contributed by atoms with Crippen molar-refractivity contribution in [2.45, 2.75) is 43.5 Å². The van der Waals surface area contributed by atoms with E-state index in [4.69, 9.17) is 0 Å². The first-order chi connectivity index (χ1) is 8.55. The molecule has 3 nitrogen and oxygen atoms in total. The summed E-state index contributed by atoms with van der Waals surface area (Å²) in [6, 6.07) is 5.21. The lowest BCUT2D eigenvalue weighted by atomic mass is 10.3. The zero-order valence-electron chi connectivity index (χ0n) is 10.5. The topological polar surface area (TPSA) is 37.4 Å². The van der Waals surface area contributed by atoms with Crippen molar-refractivity contribution in [2.75, 3.05) is 6.54 Å². The molecule has 0 atom stereocenters. The summed E-state index contributed by atoms with van der Waals surface area (Å²) in [6.07, 6.45) is 3.69. The monoisotopic (exact) mass is 271 g/mol. The van der Waals surface area contributed by atoms with Crippen molar-refractivity contribution in [1.82, 2.24) is 4.31 Å². The third-order valence-corrected chi connectivity index (χ3v) is 5.07. The summed E-state index contributed by atoms with van der Waals surface area (Å²) in [6.45, 7) is 2.59. The zero-order valence-corrected chi connectivity index (χ0v) is 11.3. The van der Waals surface area contributed by atoms with Gasteiger partial charge >= 0.3 is 0 Å². The van der Waals surface area contributed by atoms with E-state index in [-0.39, 0.29) is 10.9 Å². The minimum absolute atomic E-state index is 0.145. The minimum atomic E-state index is -3.46. The Hall–Kier alpha value is -0.940. The summed E-state index contributed by atoms with van der Waals surface area (Å²) in [5, 5.41) is 0. The molecular weight excluding hydrogens is 253 g/mol. The van der Waals surface area contributed by atoms with Crippen molar-refractivity contribution in [2.24, 2.45) is 0 Å². The van der Waals surface area contributed by atoms with Gasteiger partial charge in [-0.05, 0) is 43.5 Å². The Bertz CT molecular complexity index is 494. The van der Waals surface area contributed by atoms with Crippen molar-refractivity contribution in [3.63, 3.8) is 0 Å². The molecule has 0 aliphatic heterocycles. The number of halogens is 1. The van der Waals surface area contributed by atoms with Crippen LogP contribution in [0.15, 0.2) is 29.2 Å². The molecule has 1 aliphatic rings. The lowest BCUT2D eigenvalue weighted by Crippen LogP contribution is -2.34. The maximum absolute atomic E-state index is 12.8. The first-order valence-corrected chi connectivity index (χ1v) is 7.77. The van der Waals surface area contributed by atoms with Gasteiger partial charge in [-0.15, -0.1) is 0 Å². The number of benzene rings is 1. The van der Waals surface area contributed by atoms with Crippen LogP contribution in [0.3, 0.4) is 0 Å². The van der Waals surface area contributed by atoms with E-state index in [9.17, 15) is 12.8 Å². The van der Waals surface area contributed by atoms with E-state index in [1.54, 1.807) is 4.31 Å². The summed E-state index contributed by atoms with van der Waals surface area (Å²) >= 11 is 0. The van der Waals surface area contributed by atoms with E-state index in [0.29, 0.717) is 6.54 Å². The van der Waals surface area contributed by atoms with Gasteiger partial charge in [0, 0.05) is 12.6 Å². The fraction of sp³-hybridized carbons (Fsp3) is 0.538. The molecule has 0 unspecified atom stereocenters. The number of nitrogens with zero attached hydrogens (tertiary/aromatic N) is 1. The van der Waals surface area contributed by atoms with Crippen LogP contribution in [0.5, 0.6) is 0 Å². The molecule has 1 aromatic carbocycles. The number of hydrogen-bond donors (Lipinski definition) is 0. The van der Waals surface area contributed by atoms with E-state index >= 15 is 0 Å². The highest BCUT2D eigenvalue weighted by molar-refractivity contribution is 7.89. The molecule has 5 heteroatoms. The smallest absolute Gasteiger partial charge is 0.207 e. The molecule has 1 saturated carbocycles. The molecule has 1 fully saturated rings. The number of hydrogen-bond acceptors (Lipinski definition) is 2. The van der Waals surface area contributed by atoms with Gasteiger partial charge in [0.15, 0.2) is 0 Å². The average Bonchev–Trinajstić information content (AvgIpc) is 3.14. The quantitative estimate of drug-likeness (QED) is 0.798. The van der Waals surface area contributed by atoms with Crippen molar-refractivity contribution >= 4 is 10.0 Å². The predicted octanol–water partition coefficient (Wildman–Crippen LogP) is 2.78. The van der Waals surface area contributed by atoms with E-state index in [1.807, 2.05) is 6.92 Å². The van der Waals surface area contributed by atoms with Crippen LogP contribution in [0.4, 0.5) is 4.39 Å². The van der Waals surface area contributed by atoms with Crippen LogP contribution in [0.1, 0.15) is 32.6 Å². The summed E-state index contributed by atoms with van der Waals surface area (Å²) in [5.41, 5.74) is 0. The van der Waals surface area contributed by atoms with Gasteiger partial charge in [0.1, 0.15) is 5.82 Å². The third kappa shape index (κ3) is 2.90. The number of rotatable bonds is 6. The molecule has 100 valence electrons. The lowest BCUT2D eigenvalue weighted by molar-refractivity contribution is 0.395. The molecule has 0 bridgehead atoms. The Kier molecular flexibility index (Phi) is 4.02. The van der Waals surface area contributed by atoms with E-state index in [2.05, 4.69) is 0 Å². The summed E-state index contributed by atoms with van der Waals surface area (Å²) in [5.74, 6) is -0.416. The van der Waals surface area contributed by atoms with Crippen LogP contribution in [0.2, 0.25) is 0 Å². The van der Waals surface area contributed by atoms with Gasteiger partial charge in [0.05, 0.1) is 4.90 Å². The molecule has 1 aliphatic carbocycles. The first kappa shape index (κ1) is 13.5. The van der Waals surface area contributed by atoms with Gasteiger partial charge in [-0.2, -0.15) is 4.31 Å². The second-order valence-corrected chi connectivity index (χ2v) is 6.54. The molecule has 0 amide bonds. The lowest BCUT2D eigenvalue weighted by Gasteiger charge is -2.21. The maximum Gasteiger partial charge on any atom is 0.243 e. The number of sulfonamides is 1. The Balaban J connectivity index is 2.24. The van der Waals surface area contributed by atoms with Gasteiger partial charge in [0.25, 0.3) is 0 Å². The second-order valence-electron chi connectivity index (χ2n) is 4.65. The Morgan fingerprint density at radius 1 is 1.28 bits per heavy atom. The highest BCUT2D eigenvalue weighted by atomic mass is 32.2. The van der Waals surface area contributed by atoms with Gasteiger partial charge < -0.3 is 0 Å². The summed E-state index contributed by atoms with van der Waals surface area (Å²) in [4.78, 5) is 0.187. The van der Waals surface area contributed by atoms with Crippen LogP contribution in [-0.2, 0) is 10.0 Å². The Labute approximate surface area is 108 Å².